The minimum Gasteiger partial charge on any atom is -0.390 e. The summed E-state index contributed by atoms with van der Waals surface area (Å²) in [5.41, 5.74) is 0.846. The van der Waals surface area contributed by atoms with Gasteiger partial charge in [0.05, 0.1) is 31.0 Å². The molecule has 0 aromatic heterocycles. The van der Waals surface area contributed by atoms with Gasteiger partial charge in [-0.2, -0.15) is 0 Å². The lowest BCUT2D eigenvalue weighted by Crippen LogP contribution is -2.55. The van der Waals surface area contributed by atoms with Crippen molar-refractivity contribution >= 4 is 0 Å². The number of ether oxygens (including phenoxy) is 3. The van der Waals surface area contributed by atoms with Crippen LogP contribution in [0.25, 0.3) is 0 Å². The molecular formula is C20H28O4. The Morgan fingerprint density at radius 2 is 1.79 bits per heavy atom. The van der Waals surface area contributed by atoms with Gasteiger partial charge in [0.15, 0.2) is 5.79 Å². The average Bonchev–Trinajstić information content (AvgIpc) is 3.12. The molecular weight excluding hydrogens is 304 g/mol. The quantitative estimate of drug-likeness (QED) is 0.904. The molecule has 24 heavy (non-hydrogen) atoms. The van der Waals surface area contributed by atoms with E-state index in [1.165, 1.54) is 5.56 Å². The lowest BCUT2D eigenvalue weighted by molar-refractivity contribution is -0.274. The maximum atomic E-state index is 10.6. The van der Waals surface area contributed by atoms with Crippen LogP contribution in [0.5, 0.6) is 0 Å². The fourth-order valence-electron chi connectivity index (χ4n) is 5.01. The lowest BCUT2D eigenvalue weighted by atomic mass is 9.64. The summed E-state index contributed by atoms with van der Waals surface area (Å²) in [5, 5.41) is 10.6. The smallest absolute Gasteiger partial charge is 0.173 e. The van der Waals surface area contributed by atoms with Crippen molar-refractivity contribution in [2.24, 2.45) is 5.41 Å². The third-order valence-electron chi connectivity index (χ3n) is 6.15. The van der Waals surface area contributed by atoms with Gasteiger partial charge in [0, 0.05) is 24.7 Å². The van der Waals surface area contributed by atoms with E-state index in [-0.39, 0.29) is 17.1 Å². The minimum atomic E-state index is -0.468. The van der Waals surface area contributed by atoms with Gasteiger partial charge in [-0.05, 0) is 18.4 Å². The van der Waals surface area contributed by atoms with E-state index in [0.717, 1.165) is 25.7 Å². The Morgan fingerprint density at radius 3 is 2.46 bits per heavy atom. The van der Waals surface area contributed by atoms with Gasteiger partial charge in [-0.3, -0.25) is 0 Å². The monoisotopic (exact) mass is 332 g/mol. The molecule has 1 saturated carbocycles. The van der Waals surface area contributed by atoms with Crippen molar-refractivity contribution in [3.8, 4) is 0 Å². The third-order valence-corrected chi connectivity index (χ3v) is 6.15. The first kappa shape index (κ1) is 16.5. The Hall–Kier alpha value is -0.940. The van der Waals surface area contributed by atoms with Crippen molar-refractivity contribution in [3.63, 3.8) is 0 Å². The van der Waals surface area contributed by atoms with E-state index in [1.54, 1.807) is 0 Å². The van der Waals surface area contributed by atoms with Crippen molar-refractivity contribution in [2.75, 3.05) is 13.2 Å². The van der Waals surface area contributed by atoms with Crippen molar-refractivity contribution < 1.29 is 19.3 Å². The second-order valence-electron chi connectivity index (χ2n) is 8.31. The molecule has 3 unspecified atom stereocenters. The summed E-state index contributed by atoms with van der Waals surface area (Å²) in [5.74, 6) is -0.468. The Balaban J connectivity index is 1.49. The van der Waals surface area contributed by atoms with Crippen LogP contribution in [0, 0.1) is 5.41 Å². The molecule has 1 aliphatic carbocycles. The Labute approximate surface area is 144 Å². The van der Waals surface area contributed by atoms with E-state index in [1.807, 2.05) is 18.2 Å². The van der Waals surface area contributed by atoms with Crippen LogP contribution in [0.3, 0.4) is 0 Å². The van der Waals surface area contributed by atoms with Crippen molar-refractivity contribution in [1.29, 1.82) is 0 Å². The molecule has 2 heterocycles. The zero-order valence-electron chi connectivity index (χ0n) is 14.7. The molecule has 4 heteroatoms. The first-order valence-electron chi connectivity index (χ1n) is 9.12. The topological polar surface area (TPSA) is 47.9 Å². The van der Waals surface area contributed by atoms with E-state index >= 15 is 0 Å². The van der Waals surface area contributed by atoms with Crippen molar-refractivity contribution in [2.45, 2.75) is 69.5 Å². The molecule has 0 radical (unpaired) electrons. The molecule has 0 bridgehead atoms. The third kappa shape index (κ3) is 2.70. The number of hydrogen-bond donors (Lipinski definition) is 1. The van der Waals surface area contributed by atoms with Crippen LogP contribution in [-0.2, 0) is 20.6 Å². The second-order valence-corrected chi connectivity index (χ2v) is 8.31. The van der Waals surface area contributed by atoms with Gasteiger partial charge >= 0.3 is 0 Å². The second kappa shape index (κ2) is 5.80. The average molecular weight is 332 g/mol. The van der Waals surface area contributed by atoms with Crippen LogP contribution < -0.4 is 0 Å². The van der Waals surface area contributed by atoms with Crippen LogP contribution in [0.1, 0.15) is 45.1 Å². The first-order valence-corrected chi connectivity index (χ1v) is 9.12. The highest BCUT2D eigenvalue weighted by molar-refractivity contribution is 5.17. The highest BCUT2D eigenvalue weighted by atomic mass is 16.7. The molecule has 2 saturated heterocycles. The van der Waals surface area contributed by atoms with Gasteiger partial charge < -0.3 is 19.3 Å². The van der Waals surface area contributed by atoms with Gasteiger partial charge in [0.25, 0.3) is 0 Å². The van der Waals surface area contributed by atoms with Crippen LogP contribution >= 0.6 is 0 Å². The van der Waals surface area contributed by atoms with Crippen LogP contribution in [0.2, 0.25) is 0 Å². The zero-order valence-corrected chi connectivity index (χ0v) is 14.7. The summed E-state index contributed by atoms with van der Waals surface area (Å²) >= 11 is 0. The minimum absolute atomic E-state index is 0.122. The number of aliphatic hydroxyl groups is 1. The van der Waals surface area contributed by atoms with Crippen molar-refractivity contribution in [3.05, 3.63) is 35.9 Å². The number of benzene rings is 1. The molecule has 0 amide bonds. The highest BCUT2D eigenvalue weighted by Gasteiger charge is 2.60. The number of aliphatic hydroxyl groups excluding tert-OH is 1. The van der Waals surface area contributed by atoms with E-state index < -0.39 is 11.9 Å². The number of rotatable bonds is 2. The molecule has 2 spiro atoms. The normalized spacial score (nSPS) is 37.3. The van der Waals surface area contributed by atoms with E-state index in [2.05, 4.69) is 26.0 Å². The summed E-state index contributed by atoms with van der Waals surface area (Å²) in [7, 11) is 0. The lowest BCUT2D eigenvalue weighted by Gasteiger charge is -2.52. The molecule has 1 aromatic rings. The maximum absolute atomic E-state index is 10.6. The van der Waals surface area contributed by atoms with E-state index in [9.17, 15) is 5.11 Å². The predicted octanol–water partition coefficient (Wildman–Crippen LogP) is 3.07. The van der Waals surface area contributed by atoms with Gasteiger partial charge in [0.1, 0.15) is 0 Å². The molecule has 2 aliphatic heterocycles. The summed E-state index contributed by atoms with van der Waals surface area (Å²) in [6.45, 7) is 5.77. The highest BCUT2D eigenvalue weighted by Crippen LogP contribution is 2.56. The standard InChI is InChI=1S/C20H28O4/c1-18(2)14-19(8-9-20(18)22-10-11-23-20)13-16(21)17(24-19)12-15-6-4-3-5-7-15/h3-7,16-17,21H,8-14H2,1-2H3. The molecule has 4 rings (SSSR count). The molecule has 1 N–H and O–H groups in total. The maximum Gasteiger partial charge on any atom is 0.173 e. The van der Waals surface area contributed by atoms with Gasteiger partial charge in [-0.25, -0.2) is 0 Å². The van der Waals surface area contributed by atoms with Gasteiger partial charge in [-0.1, -0.05) is 44.2 Å². The first-order chi connectivity index (χ1) is 11.4. The molecule has 4 nitrogen and oxygen atoms in total. The van der Waals surface area contributed by atoms with Gasteiger partial charge in [-0.15, -0.1) is 0 Å². The SMILES string of the molecule is CC1(C)CC2(CCC13OCCO3)CC(O)C(Cc1ccccc1)O2. The Morgan fingerprint density at radius 1 is 1.08 bits per heavy atom. The zero-order chi connectivity index (χ0) is 16.8. The molecule has 3 atom stereocenters. The van der Waals surface area contributed by atoms with E-state index in [0.29, 0.717) is 19.6 Å². The Kier molecular flexibility index (Phi) is 4.00. The summed E-state index contributed by atoms with van der Waals surface area (Å²) in [4.78, 5) is 0. The molecule has 1 aromatic carbocycles. The van der Waals surface area contributed by atoms with Crippen LogP contribution in [0.4, 0.5) is 0 Å². The number of hydrogen-bond acceptors (Lipinski definition) is 4. The summed E-state index contributed by atoms with van der Waals surface area (Å²) < 4.78 is 18.5. The molecule has 3 fully saturated rings. The van der Waals surface area contributed by atoms with Gasteiger partial charge in [0.2, 0.25) is 0 Å². The molecule has 3 aliphatic rings. The fourth-order valence-corrected chi connectivity index (χ4v) is 5.01. The summed E-state index contributed by atoms with van der Waals surface area (Å²) in [6.07, 6.45) is 3.54. The van der Waals surface area contributed by atoms with E-state index in [4.69, 9.17) is 14.2 Å². The molecule has 132 valence electrons. The van der Waals surface area contributed by atoms with Crippen molar-refractivity contribution in [1.82, 2.24) is 0 Å². The predicted molar refractivity (Wildman–Crippen MR) is 90.6 cm³/mol. The van der Waals surface area contributed by atoms with Crippen LogP contribution in [0.15, 0.2) is 30.3 Å². The fraction of sp³-hybridized carbons (Fsp3) is 0.700. The Bertz CT molecular complexity index is 579. The summed E-state index contributed by atoms with van der Waals surface area (Å²) in [6, 6.07) is 10.3. The van der Waals surface area contributed by atoms with Crippen LogP contribution in [-0.4, -0.2) is 41.9 Å². The largest absolute Gasteiger partial charge is 0.390 e.